The van der Waals surface area contributed by atoms with E-state index in [4.69, 9.17) is 13.9 Å². The number of nitrogens with one attached hydrogen (secondary N) is 2. The fourth-order valence-electron chi connectivity index (χ4n) is 4.60. The lowest BCUT2D eigenvalue weighted by Crippen LogP contribution is -2.19. The number of pyridine rings is 1. The average molecular weight is 490 g/mol. The molecule has 1 aromatic carbocycles. The minimum atomic E-state index is -0.333. The summed E-state index contributed by atoms with van der Waals surface area (Å²) in [6.07, 6.45) is 7.44. The number of thiophene rings is 1. The maximum Gasteiger partial charge on any atom is 0.291 e. The minimum absolute atomic E-state index is 0.274. The van der Waals surface area contributed by atoms with Gasteiger partial charge in [-0.05, 0) is 61.6 Å². The van der Waals surface area contributed by atoms with E-state index in [1.807, 2.05) is 36.4 Å². The Balaban J connectivity index is 1.67. The highest BCUT2D eigenvalue weighted by Crippen LogP contribution is 2.47. The van der Waals surface area contributed by atoms with Gasteiger partial charge in [0.1, 0.15) is 10.8 Å². The van der Waals surface area contributed by atoms with Crippen molar-refractivity contribution < 1.29 is 18.7 Å². The highest BCUT2D eigenvalue weighted by molar-refractivity contribution is 7.16. The SMILES string of the molecule is COc1cccc([C@@H](Nc2ccccn2)c2c(NC(=O)c3ccco3)sc3c2CCCC3)c1OC. The van der Waals surface area contributed by atoms with E-state index >= 15 is 0 Å². The number of hydrogen-bond donors (Lipinski definition) is 2. The van der Waals surface area contributed by atoms with Crippen LogP contribution in [0.15, 0.2) is 65.4 Å². The van der Waals surface area contributed by atoms with E-state index in [0.29, 0.717) is 11.5 Å². The molecular formula is C27H27N3O4S. The second-order valence-electron chi connectivity index (χ2n) is 8.26. The van der Waals surface area contributed by atoms with E-state index in [0.717, 1.165) is 47.6 Å². The number of amides is 1. The number of carbonyl (C=O) groups excluding carboxylic acids is 1. The van der Waals surface area contributed by atoms with Crippen LogP contribution in [0, 0.1) is 0 Å². The first-order valence-corrected chi connectivity index (χ1v) is 12.4. The fourth-order valence-corrected chi connectivity index (χ4v) is 5.92. The van der Waals surface area contributed by atoms with Gasteiger partial charge in [0, 0.05) is 22.2 Å². The molecule has 7 nitrogen and oxygen atoms in total. The van der Waals surface area contributed by atoms with Crippen molar-refractivity contribution in [3.63, 3.8) is 0 Å². The largest absolute Gasteiger partial charge is 0.493 e. The molecule has 0 unspecified atom stereocenters. The highest BCUT2D eigenvalue weighted by Gasteiger charge is 2.31. The summed E-state index contributed by atoms with van der Waals surface area (Å²) in [5, 5.41) is 7.54. The van der Waals surface area contributed by atoms with E-state index < -0.39 is 0 Å². The van der Waals surface area contributed by atoms with Gasteiger partial charge in [-0.2, -0.15) is 0 Å². The summed E-state index contributed by atoms with van der Waals surface area (Å²) in [5.41, 5.74) is 3.20. The van der Waals surface area contributed by atoms with Gasteiger partial charge in [-0.1, -0.05) is 18.2 Å². The minimum Gasteiger partial charge on any atom is -0.493 e. The predicted molar refractivity (Wildman–Crippen MR) is 137 cm³/mol. The molecule has 1 atom stereocenters. The van der Waals surface area contributed by atoms with Crippen molar-refractivity contribution in [3.8, 4) is 11.5 Å². The van der Waals surface area contributed by atoms with Gasteiger partial charge in [0.25, 0.3) is 5.91 Å². The van der Waals surface area contributed by atoms with Crippen LogP contribution in [-0.2, 0) is 12.8 Å². The van der Waals surface area contributed by atoms with Crippen molar-refractivity contribution in [2.75, 3.05) is 24.9 Å². The molecule has 0 saturated carbocycles. The van der Waals surface area contributed by atoms with Crippen LogP contribution in [0.3, 0.4) is 0 Å². The van der Waals surface area contributed by atoms with Crippen LogP contribution < -0.4 is 20.1 Å². The van der Waals surface area contributed by atoms with Gasteiger partial charge in [0.05, 0.1) is 26.5 Å². The second-order valence-corrected chi connectivity index (χ2v) is 9.37. The fraction of sp³-hybridized carbons (Fsp3) is 0.259. The Hall–Kier alpha value is -3.78. The van der Waals surface area contributed by atoms with Crippen LogP contribution in [0.1, 0.15) is 51.0 Å². The monoisotopic (exact) mass is 489 g/mol. The number of aryl methyl sites for hydroxylation is 1. The number of fused-ring (bicyclic) bond motifs is 1. The van der Waals surface area contributed by atoms with Crippen LogP contribution in [0.5, 0.6) is 11.5 Å². The topological polar surface area (TPSA) is 85.6 Å². The van der Waals surface area contributed by atoms with Gasteiger partial charge in [-0.3, -0.25) is 4.79 Å². The van der Waals surface area contributed by atoms with Gasteiger partial charge in [-0.25, -0.2) is 4.98 Å². The number of furan rings is 1. The molecule has 0 saturated heterocycles. The number of nitrogens with zero attached hydrogens (tertiary/aromatic N) is 1. The molecule has 4 aromatic rings. The molecule has 3 heterocycles. The highest BCUT2D eigenvalue weighted by atomic mass is 32.1. The molecule has 5 rings (SSSR count). The van der Waals surface area contributed by atoms with Crippen molar-refractivity contribution in [1.29, 1.82) is 0 Å². The zero-order valence-electron chi connectivity index (χ0n) is 19.7. The van der Waals surface area contributed by atoms with Gasteiger partial charge < -0.3 is 24.5 Å². The molecule has 1 aliphatic carbocycles. The van der Waals surface area contributed by atoms with Crippen LogP contribution in [0.4, 0.5) is 10.8 Å². The zero-order chi connectivity index (χ0) is 24.2. The lowest BCUT2D eigenvalue weighted by molar-refractivity contribution is 0.0997. The first-order valence-electron chi connectivity index (χ1n) is 11.6. The van der Waals surface area contributed by atoms with E-state index in [1.165, 1.54) is 16.7 Å². The van der Waals surface area contributed by atoms with Crippen molar-refractivity contribution in [2.45, 2.75) is 31.7 Å². The summed E-state index contributed by atoms with van der Waals surface area (Å²) in [6.45, 7) is 0. The number of aromatic nitrogens is 1. The molecule has 0 aliphatic heterocycles. The molecule has 180 valence electrons. The van der Waals surface area contributed by atoms with Gasteiger partial charge >= 0.3 is 0 Å². The number of hydrogen-bond acceptors (Lipinski definition) is 7. The summed E-state index contributed by atoms with van der Waals surface area (Å²) >= 11 is 1.64. The predicted octanol–water partition coefficient (Wildman–Crippen LogP) is 6.09. The third-order valence-electron chi connectivity index (χ3n) is 6.17. The summed E-state index contributed by atoms with van der Waals surface area (Å²) < 4.78 is 16.8. The zero-order valence-corrected chi connectivity index (χ0v) is 20.5. The van der Waals surface area contributed by atoms with E-state index in [-0.39, 0.29) is 17.7 Å². The number of benzene rings is 1. The standard InChI is InChI=1S/C27H27N3O4S/c1-32-19-11-7-10-18(25(19)33-2)24(29-22-14-5-6-15-28-22)23-17-9-3-4-13-21(17)35-27(23)30-26(31)20-12-8-16-34-20/h5-8,10-12,14-16,24H,3-4,9,13H2,1-2H3,(H,28,29)(H,30,31)/t24-/m1/s1. The molecule has 2 N–H and O–H groups in total. The number of ether oxygens (including phenoxy) is 2. The Labute approximate surface area is 208 Å². The Morgan fingerprint density at radius 1 is 1.06 bits per heavy atom. The molecule has 0 fully saturated rings. The van der Waals surface area contributed by atoms with Crippen LogP contribution in [-0.4, -0.2) is 25.1 Å². The normalized spacial score (nSPS) is 13.5. The van der Waals surface area contributed by atoms with Gasteiger partial charge in [-0.15, -0.1) is 11.3 Å². The average Bonchev–Trinajstić information content (AvgIpc) is 3.56. The molecule has 3 aromatic heterocycles. The summed E-state index contributed by atoms with van der Waals surface area (Å²) in [4.78, 5) is 18.8. The molecule has 0 bridgehead atoms. The smallest absolute Gasteiger partial charge is 0.291 e. The number of carbonyl (C=O) groups is 1. The quantitative estimate of drug-likeness (QED) is 0.312. The molecule has 0 radical (unpaired) electrons. The van der Waals surface area contributed by atoms with Crippen molar-refractivity contribution in [2.24, 2.45) is 0 Å². The maximum atomic E-state index is 13.0. The van der Waals surface area contributed by atoms with Crippen molar-refractivity contribution in [1.82, 2.24) is 4.98 Å². The number of rotatable bonds is 8. The van der Waals surface area contributed by atoms with Crippen LogP contribution in [0.2, 0.25) is 0 Å². The summed E-state index contributed by atoms with van der Waals surface area (Å²) in [5.74, 6) is 2.01. The van der Waals surface area contributed by atoms with Gasteiger partial charge in [0.2, 0.25) is 0 Å². The number of methoxy groups -OCH3 is 2. The molecule has 1 amide bonds. The third kappa shape index (κ3) is 4.61. The van der Waals surface area contributed by atoms with Crippen molar-refractivity contribution in [3.05, 3.63) is 88.3 Å². The lowest BCUT2D eigenvalue weighted by atomic mass is 9.89. The summed E-state index contributed by atoms with van der Waals surface area (Å²) in [6, 6.07) is 14.6. The van der Waals surface area contributed by atoms with Crippen molar-refractivity contribution >= 4 is 28.1 Å². The number of para-hydroxylation sites is 1. The molecule has 0 spiro atoms. The Bertz CT molecular complexity index is 1300. The molecule has 8 heteroatoms. The summed E-state index contributed by atoms with van der Waals surface area (Å²) in [7, 11) is 3.27. The number of anilines is 2. The Morgan fingerprint density at radius 3 is 2.69 bits per heavy atom. The first kappa shape index (κ1) is 23.0. The Kier molecular flexibility index (Phi) is 6.72. The van der Waals surface area contributed by atoms with E-state index in [9.17, 15) is 4.79 Å². The molecule has 35 heavy (non-hydrogen) atoms. The lowest BCUT2D eigenvalue weighted by Gasteiger charge is -2.26. The first-order chi connectivity index (χ1) is 17.2. The molecule has 1 aliphatic rings. The Morgan fingerprint density at radius 2 is 1.94 bits per heavy atom. The van der Waals surface area contributed by atoms with Crippen LogP contribution in [0.25, 0.3) is 0 Å². The van der Waals surface area contributed by atoms with Crippen LogP contribution >= 0.6 is 11.3 Å². The van der Waals surface area contributed by atoms with E-state index in [2.05, 4.69) is 15.6 Å². The van der Waals surface area contributed by atoms with E-state index in [1.54, 1.807) is 43.9 Å². The molecular weight excluding hydrogens is 462 g/mol. The maximum absolute atomic E-state index is 13.0. The third-order valence-corrected chi connectivity index (χ3v) is 7.40. The van der Waals surface area contributed by atoms with Gasteiger partial charge in [0.15, 0.2) is 17.3 Å². The second kappa shape index (κ2) is 10.2.